The molecule has 8 heteroatoms. The number of methoxy groups -OCH3 is 1. The molecule has 0 unspecified atom stereocenters. The van der Waals surface area contributed by atoms with Crippen LogP contribution in [0, 0.1) is 0 Å². The maximum Gasteiger partial charge on any atom is 0.259 e. The topological polar surface area (TPSA) is 80.8 Å². The minimum Gasteiger partial charge on any atom is -0.495 e. The molecular formula is C26H23N3O4S. The lowest BCUT2D eigenvalue weighted by molar-refractivity contribution is -0.115. The van der Waals surface area contributed by atoms with Gasteiger partial charge in [-0.2, -0.15) is 0 Å². The highest BCUT2D eigenvalue weighted by Gasteiger charge is 2.21. The van der Waals surface area contributed by atoms with Crippen LogP contribution >= 0.6 is 11.3 Å². The van der Waals surface area contributed by atoms with Crippen molar-refractivity contribution in [2.75, 3.05) is 17.3 Å². The third kappa shape index (κ3) is 5.24. The van der Waals surface area contributed by atoms with Gasteiger partial charge in [-0.15, -0.1) is 11.3 Å². The number of hydrogen-bond donors (Lipinski definition) is 1. The fourth-order valence-corrected chi connectivity index (χ4v) is 4.20. The molecule has 0 spiro atoms. The van der Waals surface area contributed by atoms with Gasteiger partial charge < -0.3 is 14.8 Å². The SMILES string of the molecule is COc1ccccc1N(C(C)=O)c1nc(COc2ccccc2C(=O)Nc2ccccc2)cs1. The van der Waals surface area contributed by atoms with E-state index >= 15 is 0 Å². The second-order valence-electron chi connectivity index (χ2n) is 7.25. The zero-order valence-electron chi connectivity index (χ0n) is 18.7. The van der Waals surface area contributed by atoms with Gasteiger partial charge in [0.2, 0.25) is 5.91 Å². The summed E-state index contributed by atoms with van der Waals surface area (Å²) < 4.78 is 11.4. The van der Waals surface area contributed by atoms with Crippen LogP contribution in [0.1, 0.15) is 23.0 Å². The van der Waals surface area contributed by atoms with Crippen molar-refractivity contribution in [3.8, 4) is 11.5 Å². The first-order chi connectivity index (χ1) is 16.6. The van der Waals surface area contributed by atoms with Gasteiger partial charge in [-0.25, -0.2) is 4.98 Å². The zero-order valence-corrected chi connectivity index (χ0v) is 19.5. The number of aromatic nitrogens is 1. The average molecular weight is 474 g/mol. The molecule has 0 atom stereocenters. The van der Waals surface area contributed by atoms with E-state index in [1.165, 1.54) is 23.2 Å². The molecule has 2 amide bonds. The molecule has 1 heterocycles. The molecule has 0 aliphatic rings. The van der Waals surface area contributed by atoms with Crippen LogP contribution in [0.15, 0.2) is 84.2 Å². The summed E-state index contributed by atoms with van der Waals surface area (Å²) in [7, 11) is 1.56. The monoisotopic (exact) mass is 473 g/mol. The molecule has 34 heavy (non-hydrogen) atoms. The molecule has 0 bridgehead atoms. The Hall–Kier alpha value is -4.17. The van der Waals surface area contributed by atoms with Crippen LogP contribution in [-0.4, -0.2) is 23.9 Å². The highest BCUT2D eigenvalue weighted by atomic mass is 32.1. The summed E-state index contributed by atoms with van der Waals surface area (Å²) in [6.07, 6.45) is 0. The van der Waals surface area contributed by atoms with E-state index < -0.39 is 0 Å². The number of nitrogens with zero attached hydrogens (tertiary/aromatic N) is 2. The average Bonchev–Trinajstić information content (AvgIpc) is 3.32. The Morgan fingerprint density at radius 2 is 1.62 bits per heavy atom. The van der Waals surface area contributed by atoms with Crippen molar-refractivity contribution in [3.05, 3.63) is 95.5 Å². The van der Waals surface area contributed by atoms with Crippen molar-refractivity contribution in [1.82, 2.24) is 4.98 Å². The Balaban J connectivity index is 1.50. The van der Waals surface area contributed by atoms with Crippen molar-refractivity contribution in [1.29, 1.82) is 0 Å². The number of rotatable bonds is 8. The standard InChI is InChI=1S/C26H23N3O4S/c1-18(30)29(22-13-7-9-15-24(22)32-2)26-28-20(17-34-26)16-33-23-14-8-6-12-21(23)25(31)27-19-10-4-3-5-11-19/h3-15,17H,16H2,1-2H3,(H,27,31). The maximum absolute atomic E-state index is 12.8. The lowest BCUT2D eigenvalue weighted by atomic mass is 10.2. The zero-order chi connectivity index (χ0) is 23.9. The lowest BCUT2D eigenvalue weighted by Crippen LogP contribution is -2.23. The number of thiazole rings is 1. The van der Waals surface area contributed by atoms with Gasteiger partial charge in [-0.05, 0) is 36.4 Å². The summed E-state index contributed by atoms with van der Waals surface area (Å²) in [6, 6.07) is 23.5. The van der Waals surface area contributed by atoms with E-state index in [1.807, 2.05) is 47.8 Å². The van der Waals surface area contributed by atoms with Crippen LogP contribution in [0.3, 0.4) is 0 Å². The van der Waals surface area contributed by atoms with Gasteiger partial charge in [-0.3, -0.25) is 14.5 Å². The molecule has 0 fully saturated rings. The summed E-state index contributed by atoms with van der Waals surface area (Å²) in [5.74, 6) is 0.566. The van der Waals surface area contributed by atoms with E-state index in [2.05, 4.69) is 10.3 Å². The normalized spacial score (nSPS) is 10.4. The Morgan fingerprint density at radius 3 is 2.35 bits per heavy atom. The van der Waals surface area contributed by atoms with Gasteiger partial charge in [-0.1, -0.05) is 42.5 Å². The molecule has 7 nitrogen and oxygen atoms in total. The number of carbonyl (C=O) groups excluding carboxylic acids is 2. The Kier molecular flexibility index (Phi) is 7.19. The first-order valence-corrected chi connectivity index (χ1v) is 11.4. The lowest BCUT2D eigenvalue weighted by Gasteiger charge is -2.20. The van der Waals surface area contributed by atoms with Gasteiger partial charge in [0.25, 0.3) is 5.91 Å². The first-order valence-electron chi connectivity index (χ1n) is 10.5. The summed E-state index contributed by atoms with van der Waals surface area (Å²) in [6.45, 7) is 1.62. The van der Waals surface area contributed by atoms with Gasteiger partial charge in [0.05, 0.1) is 24.1 Å². The molecule has 0 aliphatic carbocycles. The molecule has 0 saturated heterocycles. The number of amides is 2. The van der Waals surface area contributed by atoms with Crippen molar-refractivity contribution in [3.63, 3.8) is 0 Å². The number of hydrogen-bond acceptors (Lipinski definition) is 6. The molecule has 4 aromatic rings. The van der Waals surface area contributed by atoms with Crippen molar-refractivity contribution in [2.45, 2.75) is 13.5 Å². The minimum absolute atomic E-state index is 0.143. The van der Waals surface area contributed by atoms with Crippen LogP contribution in [0.4, 0.5) is 16.5 Å². The van der Waals surface area contributed by atoms with E-state index in [0.29, 0.717) is 39.3 Å². The highest BCUT2D eigenvalue weighted by Crippen LogP contribution is 2.35. The summed E-state index contributed by atoms with van der Waals surface area (Å²) in [4.78, 5) is 31.3. The first kappa shape index (κ1) is 23.0. The van der Waals surface area contributed by atoms with E-state index in [9.17, 15) is 9.59 Å². The number of nitrogens with one attached hydrogen (secondary N) is 1. The highest BCUT2D eigenvalue weighted by molar-refractivity contribution is 7.14. The van der Waals surface area contributed by atoms with E-state index in [0.717, 1.165) is 0 Å². The number of para-hydroxylation sites is 4. The Bertz CT molecular complexity index is 1290. The van der Waals surface area contributed by atoms with Gasteiger partial charge in [0.1, 0.15) is 18.1 Å². The van der Waals surface area contributed by atoms with Crippen LogP contribution in [0.5, 0.6) is 11.5 Å². The van der Waals surface area contributed by atoms with E-state index in [1.54, 1.807) is 43.5 Å². The van der Waals surface area contributed by atoms with Crippen molar-refractivity contribution >= 4 is 39.7 Å². The molecule has 172 valence electrons. The van der Waals surface area contributed by atoms with Gasteiger partial charge in [0, 0.05) is 18.0 Å². The summed E-state index contributed by atoms with van der Waals surface area (Å²) >= 11 is 1.33. The second-order valence-corrected chi connectivity index (χ2v) is 8.09. The third-order valence-corrected chi connectivity index (χ3v) is 5.79. The third-order valence-electron chi connectivity index (χ3n) is 4.91. The van der Waals surface area contributed by atoms with E-state index in [4.69, 9.17) is 9.47 Å². The predicted molar refractivity (Wildman–Crippen MR) is 133 cm³/mol. The molecule has 4 rings (SSSR count). The van der Waals surface area contributed by atoms with Gasteiger partial charge >= 0.3 is 0 Å². The quantitative estimate of drug-likeness (QED) is 0.357. The number of carbonyl (C=O) groups is 2. The van der Waals surface area contributed by atoms with Gasteiger partial charge in [0.15, 0.2) is 5.13 Å². The molecule has 0 aliphatic heterocycles. The summed E-state index contributed by atoms with van der Waals surface area (Å²) in [5, 5.41) is 5.20. The van der Waals surface area contributed by atoms with Crippen molar-refractivity contribution in [2.24, 2.45) is 0 Å². The van der Waals surface area contributed by atoms with Crippen LogP contribution in [-0.2, 0) is 11.4 Å². The minimum atomic E-state index is -0.264. The second kappa shape index (κ2) is 10.6. The fraction of sp³-hybridized carbons (Fsp3) is 0.115. The summed E-state index contributed by atoms with van der Waals surface area (Å²) in [5.41, 5.74) is 2.37. The van der Waals surface area contributed by atoms with E-state index in [-0.39, 0.29) is 18.4 Å². The van der Waals surface area contributed by atoms with Crippen LogP contribution in [0.2, 0.25) is 0 Å². The fourth-order valence-electron chi connectivity index (χ4n) is 3.34. The Labute approximate surface area is 201 Å². The Morgan fingerprint density at radius 1 is 0.941 bits per heavy atom. The number of anilines is 3. The molecular weight excluding hydrogens is 450 g/mol. The molecule has 1 N–H and O–H groups in total. The predicted octanol–water partition coefficient (Wildman–Crippen LogP) is 5.67. The van der Waals surface area contributed by atoms with Crippen LogP contribution < -0.4 is 19.7 Å². The molecule has 1 aromatic heterocycles. The number of ether oxygens (including phenoxy) is 2. The largest absolute Gasteiger partial charge is 0.495 e. The molecule has 0 saturated carbocycles. The maximum atomic E-state index is 12.8. The molecule has 3 aromatic carbocycles. The van der Waals surface area contributed by atoms with Crippen LogP contribution in [0.25, 0.3) is 0 Å². The smallest absolute Gasteiger partial charge is 0.259 e. The molecule has 0 radical (unpaired) electrons. The number of benzene rings is 3. The van der Waals surface area contributed by atoms with Crippen molar-refractivity contribution < 1.29 is 19.1 Å².